The third kappa shape index (κ3) is 5.05. The Hall–Kier alpha value is 0.788. The molecule has 0 saturated carbocycles. The summed E-state index contributed by atoms with van der Waals surface area (Å²) in [4.78, 5) is 0. The smallest absolute Gasteiger partial charge is 0.126 e. The summed E-state index contributed by atoms with van der Waals surface area (Å²) in [7, 11) is -5.26. The van der Waals surface area contributed by atoms with Gasteiger partial charge in [-0.3, -0.25) is 8.68 Å². The highest BCUT2D eigenvalue weighted by atomic mass is 28.4. The van der Waals surface area contributed by atoms with E-state index in [-0.39, 0.29) is 0 Å². The molecule has 0 atom stereocenters. The van der Waals surface area contributed by atoms with Crippen molar-refractivity contribution in [1.29, 1.82) is 0 Å². The Morgan fingerprint density at radius 3 is 0.500 bits per heavy atom. The van der Waals surface area contributed by atoms with Crippen LogP contribution in [0, 0.1) is 0 Å². The van der Waals surface area contributed by atoms with Crippen LogP contribution in [0.25, 0.3) is 0 Å². The largest absolute Gasteiger partial charge is 0.296 e. The molecule has 0 spiro atoms. The van der Waals surface area contributed by atoms with Crippen molar-refractivity contribution in [2.24, 2.45) is 0 Å². The monoisotopic (exact) mass is 320 g/mol. The zero-order valence-corrected chi connectivity index (χ0v) is 18.9. The number of rotatable bonds is 5. The molecule has 0 aromatic carbocycles. The van der Waals surface area contributed by atoms with Gasteiger partial charge in [-0.1, -0.05) is 78.6 Å². The zero-order valence-electron chi connectivity index (χ0n) is 14.9. The molecule has 0 N–H and O–H groups in total. The molecule has 18 heavy (non-hydrogen) atoms. The summed E-state index contributed by atoms with van der Waals surface area (Å²) in [6, 6.07) is 0. The second kappa shape index (κ2) is 5.29. The third-order valence-electron chi connectivity index (χ3n) is 2.74. The Bertz CT molecular complexity index is 220. The van der Waals surface area contributed by atoms with Crippen molar-refractivity contribution in [2.75, 3.05) is 0 Å². The van der Waals surface area contributed by atoms with Crippen molar-refractivity contribution < 1.29 is 0 Å². The highest BCUT2D eigenvalue weighted by molar-refractivity contribution is 6.96. The van der Waals surface area contributed by atoms with Gasteiger partial charge in [0.05, 0.1) is 0 Å². The molecule has 0 aliphatic rings. The summed E-state index contributed by atoms with van der Waals surface area (Å²) < 4.78 is 5.89. The van der Waals surface area contributed by atoms with Gasteiger partial charge >= 0.3 is 0 Å². The van der Waals surface area contributed by atoms with E-state index in [1.807, 2.05) is 0 Å². The molecule has 6 heteroatoms. The predicted octanol–water partition coefficient (Wildman–Crippen LogP) is 4.85. The van der Waals surface area contributed by atoms with E-state index in [1.54, 1.807) is 0 Å². The molecular weight excluding hydrogens is 284 g/mol. The van der Waals surface area contributed by atoms with E-state index in [9.17, 15) is 0 Å². The predicted molar refractivity (Wildman–Crippen MR) is 97.1 cm³/mol. The van der Waals surface area contributed by atoms with Gasteiger partial charge in [0.25, 0.3) is 0 Å². The van der Waals surface area contributed by atoms with E-state index in [1.165, 1.54) is 0 Å². The lowest BCUT2D eigenvalue weighted by Gasteiger charge is -2.59. The fourth-order valence-electron chi connectivity index (χ4n) is 3.21. The molecule has 0 aromatic rings. The van der Waals surface area contributed by atoms with Crippen molar-refractivity contribution in [2.45, 2.75) is 78.6 Å². The standard InChI is InChI=1S/C12H36N2Si4/c1-15(2,3)13(16(4,5)6)14(17(7,8)9)18(10,11)12/h1-12H3. The minimum absolute atomic E-state index is 1.31. The van der Waals surface area contributed by atoms with E-state index in [0.717, 1.165) is 0 Å². The van der Waals surface area contributed by atoms with Gasteiger partial charge in [-0.25, -0.2) is 0 Å². The van der Waals surface area contributed by atoms with Crippen LogP contribution < -0.4 is 0 Å². The van der Waals surface area contributed by atoms with Gasteiger partial charge < -0.3 is 0 Å². The molecule has 0 aliphatic heterocycles. The summed E-state index contributed by atoms with van der Waals surface area (Å²) in [5.74, 6) is 0. The third-order valence-corrected chi connectivity index (χ3v) is 17.5. The summed E-state index contributed by atoms with van der Waals surface area (Å²) in [6.07, 6.45) is 0. The molecule has 2 nitrogen and oxygen atoms in total. The number of hydrogen-bond donors (Lipinski definition) is 0. The molecular formula is C12H36N2Si4. The lowest BCUT2D eigenvalue weighted by atomic mass is 11.8. The quantitative estimate of drug-likeness (QED) is 0.528. The Labute approximate surface area is 120 Å². The molecule has 0 aliphatic carbocycles. The Morgan fingerprint density at radius 1 is 0.333 bits per heavy atom. The summed E-state index contributed by atoms with van der Waals surface area (Å²) in [6.45, 7) is 30.1. The van der Waals surface area contributed by atoms with Crippen molar-refractivity contribution in [3.63, 3.8) is 0 Å². The van der Waals surface area contributed by atoms with Crippen molar-refractivity contribution in [3.05, 3.63) is 0 Å². The Kier molecular flexibility index (Phi) is 5.52. The van der Waals surface area contributed by atoms with Crippen molar-refractivity contribution >= 4 is 32.9 Å². The maximum absolute atomic E-state index is 2.94. The van der Waals surface area contributed by atoms with Crippen molar-refractivity contribution in [3.8, 4) is 0 Å². The summed E-state index contributed by atoms with van der Waals surface area (Å²) in [5.41, 5.74) is 0. The van der Waals surface area contributed by atoms with Gasteiger partial charge in [0, 0.05) is 0 Å². The highest BCUT2D eigenvalue weighted by Gasteiger charge is 2.47. The average molecular weight is 321 g/mol. The normalized spacial score (nSPS) is 15.7. The van der Waals surface area contributed by atoms with Crippen LogP contribution in [0.15, 0.2) is 0 Å². The van der Waals surface area contributed by atoms with Crippen LogP contribution in [0.5, 0.6) is 0 Å². The van der Waals surface area contributed by atoms with Gasteiger partial charge in [0.2, 0.25) is 0 Å². The zero-order chi connectivity index (χ0) is 15.2. The van der Waals surface area contributed by atoms with E-state index in [0.29, 0.717) is 0 Å². The van der Waals surface area contributed by atoms with Gasteiger partial charge in [0.15, 0.2) is 0 Å². The van der Waals surface area contributed by atoms with Crippen LogP contribution in [0.2, 0.25) is 78.6 Å². The first-order valence-electron chi connectivity index (χ1n) is 7.09. The maximum atomic E-state index is 2.94. The van der Waals surface area contributed by atoms with E-state index >= 15 is 0 Å². The van der Waals surface area contributed by atoms with E-state index in [4.69, 9.17) is 0 Å². The molecule has 0 bridgehead atoms. The second-order valence-electron chi connectivity index (χ2n) is 9.31. The van der Waals surface area contributed by atoms with Gasteiger partial charge in [0.1, 0.15) is 32.9 Å². The van der Waals surface area contributed by atoms with Crippen LogP contribution in [0.3, 0.4) is 0 Å². The van der Waals surface area contributed by atoms with E-state index < -0.39 is 32.9 Å². The van der Waals surface area contributed by atoms with Gasteiger partial charge in [-0.05, 0) is 0 Å². The van der Waals surface area contributed by atoms with Crippen LogP contribution in [0.1, 0.15) is 0 Å². The lowest BCUT2D eigenvalue weighted by molar-refractivity contribution is 0.354. The fraction of sp³-hybridized carbons (Fsp3) is 1.00. The van der Waals surface area contributed by atoms with Crippen LogP contribution in [-0.2, 0) is 0 Å². The molecule has 0 aromatic heterocycles. The molecule has 0 heterocycles. The van der Waals surface area contributed by atoms with Crippen molar-refractivity contribution in [1.82, 2.24) is 8.68 Å². The second-order valence-corrected chi connectivity index (χ2v) is 29.3. The summed E-state index contributed by atoms with van der Waals surface area (Å²) >= 11 is 0. The Morgan fingerprint density at radius 2 is 0.444 bits per heavy atom. The van der Waals surface area contributed by atoms with Crippen LogP contribution in [-0.4, -0.2) is 41.6 Å². The molecule has 0 amide bonds. The molecule has 0 radical (unpaired) electrons. The maximum Gasteiger partial charge on any atom is 0.126 e. The first-order chi connectivity index (χ1) is 7.49. The lowest BCUT2D eigenvalue weighted by Crippen LogP contribution is -2.77. The number of hydrogen-bond acceptors (Lipinski definition) is 2. The molecule has 0 rings (SSSR count). The topological polar surface area (TPSA) is 6.48 Å². The van der Waals surface area contributed by atoms with E-state index in [2.05, 4.69) is 87.2 Å². The first kappa shape index (κ1) is 18.8. The average Bonchev–Trinajstić information content (AvgIpc) is 1.89. The SMILES string of the molecule is C[Si](C)(C)N(N([Si](C)(C)C)[Si](C)(C)C)[Si](C)(C)C. The summed E-state index contributed by atoms with van der Waals surface area (Å²) in [5, 5.41) is 0. The minimum Gasteiger partial charge on any atom is -0.296 e. The van der Waals surface area contributed by atoms with Gasteiger partial charge in [-0.2, -0.15) is 0 Å². The molecule has 110 valence electrons. The molecule has 0 saturated heterocycles. The molecule has 0 unspecified atom stereocenters. The van der Waals surface area contributed by atoms with Gasteiger partial charge in [-0.15, -0.1) is 0 Å². The first-order valence-corrected chi connectivity index (χ1v) is 20.9. The number of hydrazine groups is 1. The molecule has 0 fully saturated rings. The Balaban J connectivity index is 5.84. The minimum atomic E-state index is -1.31. The van der Waals surface area contributed by atoms with Crippen LogP contribution in [0.4, 0.5) is 0 Å². The fourth-order valence-corrected chi connectivity index (χ4v) is 28.9. The highest BCUT2D eigenvalue weighted by Crippen LogP contribution is 2.31. The van der Waals surface area contributed by atoms with Crippen LogP contribution >= 0.6 is 0 Å². The number of nitrogens with zero attached hydrogens (tertiary/aromatic N) is 2.